The molecule has 0 bridgehead atoms. The molecular weight excluding hydrogens is 318 g/mol. The van der Waals surface area contributed by atoms with Gasteiger partial charge in [-0.25, -0.2) is 0 Å². The van der Waals surface area contributed by atoms with E-state index in [-0.39, 0.29) is 25.0 Å². The van der Waals surface area contributed by atoms with Gasteiger partial charge in [-0.3, -0.25) is 14.5 Å². The molecule has 5 nitrogen and oxygen atoms in total. The van der Waals surface area contributed by atoms with E-state index in [1.54, 1.807) is 24.3 Å². The molecule has 1 unspecified atom stereocenters. The van der Waals surface area contributed by atoms with Crippen molar-refractivity contribution in [3.8, 4) is 5.75 Å². The standard InChI is InChI=1S/C20H21NO4/c1-13(2)15-7-5-6-10-18(15)25-12-14(22)11-21-19(23)16-8-3-4-9-17(16)20(21)24/h3-10,13-14,22H,11-12H2,1-2H3. The number of amides is 2. The highest BCUT2D eigenvalue weighted by Crippen LogP contribution is 2.26. The predicted molar refractivity (Wildman–Crippen MR) is 93.8 cm³/mol. The molecule has 0 radical (unpaired) electrons. The lowest BCUT2D eigenvalue weighted by atomic mass is 10.0. The van der Waals surface area contributed by atoms with E-state index in [2.05, 4.69) is 13.8 Å². The van der Waals surface area contributed by atoms with E-state index in [1.165, 1.54) is 0 Å². The summed E-state index contributed by atoms with van der Waals surface area (Å²) in [4.78, 5) is 25.7. The number of hydrogen-bond donors (Lipinski definition) is 1. The van der Waals surface area contributed by atoms with Gasteiger partial charge >= 0.3 is 0 Å². The summed E-state index contributed by atoms with van der Waals surface area (Å²) in [5.74, 6) is 0.257. The molecular formula is C20H21NO4. The van der Waals surface area contributed by atoms with Gasteiger partial charge in [0, 0.05) is 0 Å². The van der Waals surface area contributed by atoms with Gasteiger partial charge in [0.05, 0.1) is 17.7 Å². The summed E-state index contributed by atoms with van der Waals surface area (Å²) in [6, 6.07) is 14.3. The second-order valence-electron chi connectivity index (χ2n) is 6.42. The molecule has 0 aliphatic carbocycles. The SMILES string of the molecule is CC(C)c1ccccc1OCC(O)CN1C(=O)c2ccccc2C1=O. The average Bonchev–Trinajstić information content (AvgIpc) is 2.85. The zero-order valence-electron chi connectivity index (χ0n) is 14.3. The number of aliphatic hydroxyl groups excluding tert-OH is 1. The number of benzene rings is 2. The van der Waals surface area contributed by atoms with Crippen molar-refractivity contribution in [1.29, 1.82) is 0 Å². The van der Waals surface area contributed by atoms with Crippen LogP contribution in [-0.4, -0.2) is 41.1 Å². The van der Waals surface area contributed by atoms with Crippen LogP contribution in [0.25, 0.3) is 0 Å². The van der Waals surface area contributed by atoms with Gasteiger partial charge in [-0.2, -0.15) is 0 Å². The zero-order valence-corrected chi connectivity index (χ0v) is 14.3. The van der Waals surface area contributed by atoms with E-state index < -0.39 is 6.10 Å². The van der Waals surface area contributed by atoms with Crippen LogP contribution in [0.1, 0.15) is 46.0 Å². The van der Waals surface area contributed by atoms with Crippen molar-refractivity contribution in [2.45, 2.75) is 25.9 Å². The van der Waals surface area contributed by atoms with E-state index in [0.717, 1.165) is 10.5 Å². The van der Waals surface area contributed by atoms with E-state index in [9.17, 15) is 14.7 Å². The Bertz CT molecular complexity index is 765. The number of β-amino-alcohol motifs (C(OH)–C–C–N with tert-alkyl or cyclic N) is 1. The highest BCUT2D eigenvalue weighted by atomic mass is 16.5. The third kappa shape index (κ3) is 3.42. The molecule has 1 aliphatic heterocycles. The molecule has 0 fully saturated rings. The van der Waals surface area contributed by atoms with Crippen molar-refractivity contribution in [3.63, 3.8) is 0 Å². The fraction of sp³-hybridized carbons (Fsp3) is 0.300. The van der Waals surface area contributed by atoms with Crippen molar-refractivity contribution in [3.05, 3.63) is 65.2 Å². The minimum atomic E-state index is -0.956. The fourth-order valence-corrected chi connectivity index (χ4v) is 2.94. The van der Waals surface area contributed by atoms with Crippen LogP contribution in [0.15, 0.2) is 48.5 Å². The smallest absolute Gasteiger partial charge is 0.261 e. The van der Waals surface area contributed by atoms with Crippen LogP contribution in [0, 0.1) is 0 Å². The summed E-state index contributed by atoms with van der Waals surface area (Å²) in [6.45, 7) is 4.06. The molecule has 0 aromatic heterocycles. The summed E-state index contributed by atoms with van der Waals surface area (Å²) >= 11 is 0. The molecule has 1 N–H and O–H groups in total. The average molecular weight is 339 g/mol. The molecule has 2 aromatic rings. The maximum Gasteiger partial charge on any atom is 0.261 e. The van der Waals surface area contributed by atoms with Gasteiger partial charge in [0.25, 0.3) is 11.8 Å². The first kappa shape index (κ1) is 17.2. The first-order valence-electron chi connectivity index (χ1n) is 8.34. The number of rotatable bonds is 6. The van der Waals surface area contributed by atoms with Gasteiger partial charge in [-0.05, 0) is 29.7 Å². The molecule has 0 saturated carbocycles. The van der Waals surface area contributed by atoms with Crippen LogP contribution in [0.4, 0.5) is 0 Å². The normalized spacial score (nSPS) is 14.8. The van der Waals surface area contributed by atoms with Crippen molar-refractivity contribution in [2.24, 2.45) is 0 Å². The van der Waals surface area contributed by atoms with Gasteiger partial charge in [0.15, 0.2) is 0 Å². The van der Waals surface area contributed by atoms with Crippen LogP contribution in [-0.2, 0) is 0 Å². The maximum atomic E-state index is 12.3. The summed E-state index contributed by atoms with van der Waals surface area (Å²) in [5, 5.41) is 10.2. The molecule has 130 valence electrons. The molecule has 1 atom stereocenters. The summed E-state index contributed by atoms with van der Waals surface area (Å²) in [7, 11) is 0. The molecule has 25 heavy (non-hydrogen) atoms. The number of aliphatic hydroxyl groups is 1. The number of ether oxygens (including phenoxy) is 1. The Balaban J connectivity index is 1.64. The van der Waals surface area contributed by atoms with Crippen molar-refractivity contribution < 1.29 is 19.4 Å². The minimum absolute atomic E-state index is 0.0111. The molecule has 2 amide bonds. The minimum Gasteiger partial charge on any atom is -0.491 e. The Kier molecular flexibility index (Phi) is 4.86. The number of carbonyl (C=O) groups is 2. The van der Waals surface area contributed by atoms with Crippen LogP contribution >= 0.6 is 0 Å². The summed E-state index contributed by atoms with van der Waals surface area (Å²) in [6.07, 6.45) is -0.956. The fourth-order valence-electron chi connectivity index (χ4n) is 2.94. The number of fused-ring (bicyclic) bond motifs is 1. The molecule has 3 rings (SSSR count). The maximum absolute atomic E-state index is 12.3. The predicted octanol–water partition coefficient (Wildman–Crippen LogP) is 2.85. The Morgan fingerprint density at radius 3 is 2.12 bits per heavy atom. The van der Waals surface area contributed by atoms with Crippen molar-refractivity contribution in [1.82, 2.24) is 4.90 Å². The zero-order chi connectivity index (χ0) is 18.0. The van der Waals surface area contributed by atoms with Crippen molar-refractivity contribution >= 4 is 11.8 Å². The highest BCUT2D eigenvalue weighted by molar-refractivity contribution is 6.21. The monoisotopic (exact) mass is 339 g/mol. The van der Waals surface area contributed by atoms with Gasteiger partial charge in [0.1, 0.15) is 18.5 Å². The number of hydrogen-bond acceptors (Lipinski definition) is 4. The van der Waals surface area contributed by atoms with E-state index in [0.29, 0.717) is 22.8 Å². The van der Waals surface area contributed by atoms with Crippen LogP contribution in [0.2, 0.25) is 0 Å². The van der Waals surface area contributed by atoms with E-state index in [4.69, 9.17) is 4.74 Å². The summed E-state index contributed by atoms with van der Waals surface area (Å²) in [5.41, 5.74) is 1.81. The molecule has 1 heterocycles. The molecule has 0 spiro atoms. The van der Waals surface area contributed by atoms with E-state index in [1.807, 2.05) is 24.3 Å². The third-order valence-corrected chi connectivity index (χ3v) is 4.24. The first-order valence-corrected chi connectivity index (χ1v) is 8.34. The number of nitrogens with zero attached hydrogens (tertiary/aromatic N) is 1. The number of imide groups is 1. The molecule has 2 aromatic carbocycles. The van der Waals surface area contributed by atoms with Crippen LogP contribution in [0.3, 0.4) is 0 Å². The second kappa shape index (κ2) is 7.07. The van der Waals surface area contributed by atoms with Gasteiger partial charge in [-0.1, -0.05) is 44.2 Å². The Morgan fingerprint density at radius 2 is 1.52 bits per heavy atom. The lowest BCUT2D eigenvalue weighted by Gasteiger charge is -2.20. The quantitative estimate of drug-likeness (QED) is 0.822. The Labute approximate surface area is 146 Å². The molecule has 5 heteroatoms. The third-order valence-electron chi connectivity index (χ3n) is 4.24. The van der Waals surface area contributed by atoms with Crippen LogP contribution < -0.4 is 4.74 Å². The van der Waals surface area contributed by atoms with Crippen molar-refractivity contribution in [2.75, 3.05) is 13.2 Å². The van der Waals surface area contributed by atoms with Crippen LogP contribution in [0.5, 0.6) is 5.75 Å². The topological polar surface area (TPSA) is 66.8 Å². The van der Waals surface area contributed by atoms with Gasteiger partial charge in [0.2, 0.25) is 0 Å². The number of carbonyl (C=O) groups excluding carboxylic acids is 2. The Morgan fingerprint density at radius 1 is 0.960 bits per heavy atom. The van der Waals surface area contributed by atoms with E-state index >= 15 is 0 Å². The Hall–Kier alpha value is -2.66. The summed E-state index contributed by atoms with van der Waals surface area (Å²) < 4.78 is 5.72. The largest absolute Gasteiger partial charge is 0.491 e. The number of para-hydroxylation sites is 1. The lowest BCUT2D eigenvalue weighted by Crippen LogP contribution is -2.39. The first-order chi connectivity index (χ1) is 12.0. The highest BCUT2D eigenvalue weighted by Gasteiger charge is 2.36. The van der Waals surface area contributed by atoms with Gasteiger partial charge < -0.3 is 9.84 Å². The van der Waals surface area contributed by atoms with Gasteiger partial charge in [-0.15, -0.1) is 0 Å². The molecule has 0 saturated heterocycles. The lowest BCUT2D eigenvalue weighted by molar-refractivity contribution is 0.0455. The molecule has 1 aliphatic rings. The second-order valence-corrected chi connectivity index (χ2v) is 6.42.